The van der Waals surface area contributed by atoms with Crippen LogP contribution in [0.1, 0.15) is 124 Å². The van der Waals surface area contributed by atoms with Crippen LogP contribution < -0.4 is 0 Å². The number of thiol groups is 1. The van der Waals surface area contributed by atoms with E-state index in [2.05, 4.69) is 40.3 Å². The summed E-state index contributed by atoms with van der Waals surface area (Å²) in [5.41, 5.74) is 0. The molecule has 0 aromatic heterocycles. The number of hydrogen-bond acceptors (Lipinski definition) is 7. The zero-order chi connectivity index (χ0) is 23.8. The minimum absolute atomic E-state index is 0.0919. The van der Waals surface area contributed by atoms with Crippen LogP contribution in [0, 0.1) is 5.92 Å². The van der Waals surface area contributed by atoms with Crippen LogP contribution in [0.2, 0.25) is 0 Å². The Hall–Kier alpha value is 0.110. The predicted octanol–water partition coefficient (Wildman–Crippen LogP) is 7.96. The van der Waals surface area contributed by atoms with E-state index in [1.165, 1.54) is 32.1 Å². The molecule has 1 unspecified atom stereocenters. The quantitative estimate of drug-likeness (QED) is 0.0445. The van der Waals surface area contributed by atoms with Crippen molar-refractivity contribution in [1.82, 2.24) is 0 Å². The second kappa shape index (κ2) is 24.2. The third-order valence-corrected chi connectivity index (χ3v) is 5.70. The first-order chi connectivity index (χ1) is 15.7. The first kappa shape index (κ1) is 32.1. The molecule has 0 aromatic carbocycles. The summed E-state index contributed by atoms with van der Waals surface area (Å²) < 4.78 is 0. The summed E-state index contributed by atoms with van der Waals surface area (Å²) in [5.74, 6) is -0.847. The van der Waals surface area contributed by atoms with Crippen LogP contribution in [0.5, 0.6) is 0 Å². The van der Waals surface area contributed by atoms with Gasteiger partial charge in [0, 0.05) is 5.92 Å². The van der Waals surface area contributed by atoms with Crippen LogP contribution in [0.15, 0.2) is 0 Å². The number of unbranched alkanes of at least 4 members (excludes halogenated alkanes) is 8. The zero-order valence-electron chi connectivity index (χ0n) is 21.4. The van der Waals surface area contributed by atoms with Crippen molar-refractivity contribution in [3.63, 3.8) is 0 Å². The van der Waals surface area contributed by atoms with Gasteiger partial charge in [0.1, 0.15) is 0 Å². The highest BCUT2D eigenvalue weighted by Crippen LogP contribution is 2.35. The van der Waals surface area contributed by atoms with Gasteiger partial charge in [-0.3, -0.25) is 0 Å². The zero-order valence-corrected chi connectivity index (χ0v) is 22.3. The van der Waals surface area contributed by atoms with Crippen LogP contribution in [0.3, 0.4) is 0 Å². The van der Waals surface area contributed by atoms with Crippen molar-refractivity contribution in [2.45, 2.75) is 130 Å². The van der Waals surface area contributed by atoms with Crippen LogP contribution in [-0.4, -0.2) is 31.5 Å². The molecule has 0 fully saturated rings. The number of rotatable bonds is 26. The summed E-state index contributed by atoms with van der Waals surface area (Å²) in [6.45, 7) is 9.96. The maximum Gasteiger partial charge on any atom is 0.368 e. The number of hydrogen-bond donors (Lipinski definition) is 1. The van der Waals surface area contributed by atoms with Gasteiger partial charge in [-0.2, -0.15) is 27.3 Å². The first-order valence-electron chi connectivity index (χ1n) is 13.2. The van der Waals surface area contributed by atoms with Gasteiger partial charge in [0.05, 0.1) is 19.8 Å². The van der Waals surface area contributed by atoms with Crippen LogP contribution in [0.4, 0.5) is 0 Å². The van der Waals surface area contributed by atoms with E-state index in [-0.39, 0.29) is 5.92 Å². The Morgan fingerprint density at radius 2 is 0.938 bits per heavy atom. The summed E-state index contributed by atoms with van der Waals surface area (Å²) in [5, 5.41) is 0. The van der Waals surface area contributed by atoms with E-state index >= 15 is 0 Å². The molecule has 7 heteroatoms. The van der Waals surface area contributed by atoms with Crippen molar-refractivity contribution in [2.24, 2.45) is 5.92 Å². The normalized spacial score (nSPS) is 13.0. The molecule has 32 heavy (non-hydrogen) atoms. The largest absolute Gasteiger partial charge is 0.368 e. The molecule has 0 rings (SSSR count). The third-order valence-electron chi connectivity index (χ3n) is 5.39. The monoisotopic (exact) mass is 480 g/mol. The maximum atomic E-state index is 5.83. The van der Waals surface area contributed by atoms with Gasteiger partial charge in [0.15, 0.2) is 0 Å². The van der Waals surface area contributed by atoms with E-state index < -0.39 is 5.97 Å². The van der Waals surface area contributed by atoms with Crippen LogP contribution in [-0.2, 0) is 29.3 Å². The molecule has 0 aromatic rings. The van der Waals surface area contributed by atoms with Gasteiger partial charge >= 0.3 is 5.97 Å². The lowest BCUT2D eigenvalue weighted by atomic mass is 9.93. The molecular formula is C25H52O6S. The van der Waals surface area contributed by atoms with Gasteiger partial charge in [-0.15, -0.1) is 0 Å². The minimum atomic E-state index is -1.54. The molecule has 0 heterocycles. The lowest BCUT2D eigenvalue weighted by Gasteiger charge is -2.35. The van der Waals surface area contributed by atoms with Gasteiger partial charge in [0.25, 0.3) is 0 Å². The molecule has 194 valence electrons. The van der Waals surface area contributed by atoms with E-state index in [1.54, 1.807) is 0 Å². The summed E-state index contributed by atoms with van der Waals surface area (Å²) >= 11 is 4.42. The van der Waals surface area contributed by atoms with Gasteiger partial charge in [-0.1, -0.05) is 85.5 Å². The fraction of sp³-hybridized carbons (Fsp3) is 1.00. The SMILES string of the molecule is CCCCCCCCC(CCCS)C(OOCCCC)(OOCCCC)OOCCCC. The van der Waals surface area contributed by atoms with Gasteiger partial charge in [-0.05, 0) is 44.3 Å². The molecular weight excluding hydrogens is 428 g/mol. The lowest BCUT2D eigenvalue weighted by Crippen LogP contribution is -2.47. The maximum absolute atomic E-state index is 5.83. The van der Waals surface area contributed by atoms with Crippen molar-refractivity contribution in [3.8, 4) is 0 Å². The average molecular weight is 481 g/mol. The fourth-order valence-corrected chi connectivity index (χ4v) is 3.42. The van der Waals surface area contributed by atoms with E-state index in [0.717, 1.165) is 70.0 Å². The second-order valence-electron chi connectivity index (χ2n) is 8.50. The molecule has 0 amide bonds. The van der Waals surface area contributed by atoms with Crippen molar-refractivity contribution < 1.29 is 29.3 Å². The molecule has 0 aliphatic heterocycles. The molecule has 6 nitrogen and oxygen atoms in total. The predicted molar refractivity (Wildman–Crippen MR) is 133 cm³/mol. The van der Waals surface area contributed by atoms with Crippen LogP contribution in [0.25, 0.3) is 0 Å². The van der Waals surface area contributed by atoms with Crippen molar-refractivity contribution >= 4 is 12.6 Å². The highest BCUT2D eigenvalue weighted by molar-refractivity contribution is 7.80. The molecule has 0 N–H and O–H groups in total. The van der Waals surface area contributed by atoms with E-state index in [4.69, 9.17) is 29.3 Å². The topological polar surface area (TPSA) is 55.4 Å². The molecule has 0 spiro atoms. The Morgan fingerprint density at radius 1 is 0.531 bits per heavy atom. The average Bonchev–Trinajstić information content (AvgIpc) is 2.81. The van der Waals surface area contributed by atoms with E-state index in [0.29, 0.717) is 19.8 Å². The standard InChI is InChI=1S/C25H52O6S/c1-5-9-13-14-15-16-18-24(19-17-23-32)25(29-26-20-10-6-2,30-27-21-11-7-3)31-28-22-12-8-4/h24,32H,5-23H2,1-4H3. The summed E-state index contributed by atoms with van der Waals surface area (Å²) in [7, 11) is 0. The fourth-order valence-electron chi connectivity index (χ4n) is 3.23. The third kappa shape index (κ3) is 16.7. The Morgan fingerprint density at radius 3 is 1.38 bits per heavy atom. The van der Waals surface area contributed by atoms with Gasteiger partial charge < -0.3 is 0 Å². The Bertz CT molecular complexity index is 341. The Balaban J connectivity index is 5.31. The highest BCUT2D eigenvalue weighted by Gasteiger charge is 2.47. The Labute approximate surface area is 203 Å². The highest BCUT2D eigenvalue weighted by atomic mass is 32.1. The molecule has 0 aliphatic carbocycles. The Kier molecular flexibility index (Phi) is 24.3. The van der Waals surface area contributed by atoms with E-state index in [9.17, 15) is 0 Å². The molecule has 0 saturated carbocycles. The van der Waals surface area contributed by atoms with Gasteiger partial charge in [-0.25, -0.2) is 14.7 Å². The van der Waals surface area contributed by atoms with Gasteiger partial charge in [0.2, 0.25) is 0 Å². The summed E-state index contributed by atoms with van der Waals surface area (Å²) in [4.78, 5) is 34.1. The summed E-state index contributed by atoms with van der Waals surface area (Å²) in [6, 6.07) is 0. The van der Waals surface area contributed by atoms with Crippen molar-refractivity contribution in [1.29, 1.82) is 0 Å². The first-order valence-corrected chi connectivity index (χ1v) is 13.9. The molecule has 1 atom stereocenters. The van der Waals surface area contributed by atoms with Crippen molar-refractivity contribution in [2.75, 3.05) is 25.6 Å². The molecule has 0 aliphatic rings. The molecule has 0 radical (unpaired) electrons. The summed E-state index contributed by atoms with van der Waals surface area (Å²) in [6.07, 6.45) is 15.7. The van der Waals surface area contributed by atoms with E-state index in [1.807, 2.05) is 0 Å². The molecule has 0 bridgehead atoms. The smallest absolute Gasteiger partial charge is 0.231 e. The second-order valence-corrected chi connectivity index (χ2v) is 8.95. The van der Waals surface area contributed by atoms with Crippen molar-refractivity contribution in [3.05, 3.63) is 0 Å². The minimum Gasteiger partial charge on any atom is -0.231 e. The molecule has 0 saturated heterocycles. The lowest BCUT2D eigenvalue weighted by molar-refractivity contribution is -0.644. The van der Waals surface area contributed by atoms with Crippen LogP contribution >= 0.6 is 12.6 Å².